The molecule has 0 aliphatic heterocycles. The van der Waals surface area contributed by atoms with Crippen LogP contribution in [0.1, 0.15) is 59.9 Å². The molecule has 0 aliphatic carbocycles. The first-order valence-corrected chi connectivity index (χ1v) is 13.0. The predicted octanol–water partition coefficient (Wildman–Crippen LogP) is 8.68. The summed E-state index contributed by atoms with van der Waals surface area (Å²) in [4.78, 5) is 7.84. The van der Waals surface area contributed by atoms with E-state index < -0.39 is 0 Å². The molecule has 0 radical (unpaired) electrons. The zero-order chi connectivity index (χ0) is 27.3. The van der Waals surface area contributed by atoms with Gasteiger partial charge in [-0.3, -0.25) is 0 Å². The van der Waals surface area contributed by atoms with E-state index >= 15 is 0 Å². The van der Waals surface area contributed by atoms with Gasteiger partial charge in [-0.05, 0) is 87.7 Å². The van der Waals surface area contributed by atoms with Crippen molar-refractivity contribution in [2.45, 2.75) is 61.3 Å². The highest BCUT2D eigenvalue weighted by Gasteiger charge is 2.05. The van der Waals surface area contributed by atoms with Gasteiger partial charge in [0.25, 0.3) is 0 Å². The third-order valence-electron chi connectivity index (χ3n) is 4.55. The van der Waals surface area contributed by atoms with Gasteiger partial charge in [-0.2, -0.15) is 0 Å². The standard InChI is InChI=1S/C21H23ClN2O.C5H10.C3H6.C2H7N/c1-15(2)13-21-23-14-20(24-21)17-5-9-19(10-6-17)25-12-11-16-3-7-18(22)8-4-16;1-4-5(2)3;1-3-2;1-2-3/h3-10,14-15H,11-13H2,1-2H3,(H,23,24);4H,1-3H3;3H,1H2,2H3;2-3H2,1H3. The van der Waals surface area contributed by atoms with Crippen LogP contribution in [-0.4, -0.2) is 23.1 Å². The fourth-order valence-electron chi connectivity index (χ4n) is 2.67. The lowest BCUT2D eigenvalue weighted by Gasteiger charge is -2.07. The van der Waals surface area contributed by atoms with E-state index in [0.29, 0.717) is 12.5 Å². The van der Waals surface area contributed by atoms with Crippen molar-refractivity contribution in [3.05, 3.63) is 95.4 Å². The number of aromatic amines is 1. The lowest BCUT2D eigenvalue weighted by atomic mass is 10.1. The molecule has 1 aromatic heterocycles. The summed E-state index contributed by atoms with van der Waals surface area (Å²) < 4.78 is 5.83. The lowest BCUT2D eigenvalue weighted by molar-refractivity contribution is 0.322. The second kappa shape index (κ2) is 20.4. The Morgan fingerprint density at radius 3 is 2.08 bits per heavy atom. The molecular formula is C31H46ClN3O. The molecule has 0 atom stereocenters. The van der Waals surface area contributed by atoms with Gasteiger partial charge in [0, 0.05) is 17.9 Å². The molecule has 0 bridgehead atoms. The number of imidazole rings is 1. The minimum atomic E-state index is 0.593. The summed E-state index contributed by atoms with van der Waals surface area (Å²) in [7, 11) is 0. The number of rotatable bonds is 7. The molecule has 0 saturated heterocycles. The van der Waals surface area contributed by atoms with Crippen molar-refractivity contribution < 1.29 is 4.74 Å². The molecule has 4 nitrogen and oxygen atoms in total. The molecule has 5 heteroatoms. The first-order valence-electron chi connectivity index (χ1n) is 12.6. The van der Waals surface area contributed by atoms with Gasteiger partial charge in [0.1, 0.15) is 11.6 Å². The Kier molecular flexibility index (Phi) is 18.8. The van der Waals surface area contributed by atoms with Gasteiger partial charge in [-0.1, -0.05) is 62.2 Å². The predicted molar refractivity (Wildman–Crippen MR) is 159 cm³/mol. The summed E-state index contributed by atoms with van der Waals surface area (Å²) in [5.41, 5.74) is 9.61. The first kappa shape index (κ1) is 33.2. The van der Waals surface area contributed by atoms with E-state index in [-0.39, 0.29) is 0 Å². The maximum Gasteiger partial charge on any atom is 0.119 e. The number of hydrogen-bond acceptors (Lipinski definition) is 3. The van der Waals surface area contributed by atoms with Crippen molar-refractivity contribution in [3.8, 4) is 17.0 Å². The molecule has 36 heavy (non-hydrogen) atoms. The van der Waals surface area contributed by atoms with Gasteiger partial charge in [0.15, 0.2) is 0 Å². The Balaban J connectivity index is 0.000000947. The number of nitrogens with two attached hydrogens (primary N) is 1. The zero-order valence-electron chi connectivity index (χ0n) is 23.3. The molecule has 3 rings (SSSR count). The van der Waals surface area contributed by atoms with Gasteiger partial charge in [0.2, 0.25) is 0 Å². The van der Waals surface area contributed by atoms with E-state index in [1.165, 1.54) is 11.1 Å². The van der Waals surface area contributed by atoms with Crippen LogP contribution in [-0.2, 0) is 12.8 Å². The maximum atomic E-state index is 5.89. The smallest absolute Gasteiger partial charge is 0.119 e. The van der Waals surface area contributed by atoms with Crippen molar-refractivity contribution in [2.75, 3.05) is 13.2 Å². The molecule has 0 fully saturated rings. The number of halogens is 1. The van der Waals surface area contributed by atoms with E-state index in [9.17, 15) is 0 Å². The van der Waals surface area contributed by atoms with Crippen LogP contribution in [0.25, 0.3) is 11.3 Å². The Hall–Kier alpha value is -2.82. The number of nitrogens with zero attached hydrogens (tertiary/aromatic N) is 1. The summed E-state index contributed by atoms with van der Waals surface area (Å²) in [5, 5.41) is 0.760. The molecule has 3 N–H and O–H groups in total. The zero-order valence-corrected chi connectivity index (χ0v) is 24.0. The normalized spacial score (nSPS) is 9.50. The van der Waals surface area contributed by atoms with Crippen LogP contribution in [0.4, 0.5) is 0 Å². The van der Waals surface area contributed by atoms with Gasteiger partial charge in [0.05, 0.1) is 18.5 Å². The maximum absolute atomic E-state index is 5.89. The minimum Gasteiger partial charge on any atom is -0.493 e. The molecule has 0 amide bonds. The average molecular weight is 512 g/mol. The number of H-pyrrole nitrogens is 1. The van der Waals surface area contributed by atoms with E-state index in [1.54, 1.807) is 6.08 Å². The van der Waals surface area contributed by atoms with Crippen LogP contribution < -0.4 is 10.5 Å². The summed E-state index contributed by atoms with van der Waals surface area (Å²) in [5.74, 6) is 2.50. The van der Waals surface area contributed by atoms with Crippen LogP contribution >= 0.6 is 11.6 Å². The van der Waals surface area contributed by atoms with Crippen molar-refractivity contribution >= 4 is 11.6 Å². The molecular weight excluding hydrogens is 466 g/mol. The molecule has 0 saturated carbocycles. The number of ether oxygens (including phenoxy) is 1. The van der Waals surface area contributed by atoms with Gasteiger partial charge in [-0.25, -0.2) is 4.98 Å². The van der Waals surface area contributed by atoms with E-state index in [4.69, 9.17) is 22.1 Å². The highest BCUT2D eigenvalue weighted by molar-refractivity contribution is 6.30. The fraction of sp³-hybridized carbons (Fsp3) is 0.387. The van der Waals surface area contributed by atoms with E-state index in [2.05, 4.69) is 62.5 Å². The minimum absolute atomic E-state index is 0.593. The molecule has 198 valence electrons. The van der Waals surface area contributed by atoms with Gasteiger partial charge >= 0.3 is 0 Å². The van der Waals surface area contributed by atoms with Crippen LogP contribution in [0.5, 0.6) is 5.75 Å². The fourth-order valence-corrected chi connectivity index (χ4v) is 2.79. The van der Waals surface area contributed by atoms with Crippen LogP contribution in [0.3, 0.4) is 0 Å². The molecule has 0 spiro atoms. The van der Waals surface area contributed by atoms with Gasteiger partial charge in [-0.15, -0.1) is 6.58 Å². The monoisotopic (exact) mass is 511 g/mol. The van der Waals surface area contributed by atoms with Gasteiger partial charge < -0.3 is 15.5 Å². The summed E-state index contributed by atoms with van der Waals surface area (Å²) in [6.45, 7) is 19.1. The Morgan fingerprint density at radius 1 is 1.08 bits per heavy atom. The van der Waals surface area contributed by atoms with Crippen molar-refractivity contribution in [1.29, 1.82) is 0 Å². The quantitative estimate of drug-likeness (QED) is 0.312. The Labute approximate surface area is 224 Å². The second-order valence-corrected chi connectivity index (χ2v) is 9.21. The molecule has 0 aliphatic rings. The Morgan fingerprint density at radius 2 is 1.61 bits per heavy atom. The second-order valence-electron chi connectivity index (χ2n) is 8.77. The van der Waals surface area contributed by atoms with Crippen LogP contribution in [0.2, 0.25) is 5.02 Å². The molecule has 0 unspecified atom stereocenters. The van der Waals surface area contributed by atoms with Crippen molar-refractivity contribution in [3.63, 3.8) is 0 Å². The van der Waals surface area contributed by atoms with E-state index in [0.717, 1.165) is 47.2 Å². The molecule has 2 aromatic carbocycles. The van der Waals surface area contributed by atoms with E-state index in [1.807, 2.05) is 63.4 Å². The highest BCUT2D eigenvalue weighted by atomic mass is 35.5. The summed E-state index contributed by atoms with van der Waals surface area (Å²) in [6.07, 6.45) is 7.55. The van der Waals surface area contributed by atoms with Crippen molar-refractivity contribution in [2.24, 2.45) is 11.7 Å². The Bertz CT molecular complexity index is 970. The number of allylic oxidation sites excluding steroid dienone is 3. The average Bonchev–Trinajstić information content (AvgIpc) is 3.30. The number of benzene rings is 2. The number of aromatic nitrogens is 2. The largest absolute Gasteiger partial charge is 0.493 e. The highest BCUT2D eigenvalue weighted by Crippen LogP contribution is 2.22. The molecule has 3 aromatic rings. The van der Waals surface area contributed by atoms with Crippen LogP contribution in [0.15, 0.2) is 79.0 Å². The number of hydrogen-bond donors (Lipinski definition) is 2. The first-order chi connectivity index (χ1) is 17.2. The third-order valence-corrected chi connectivity index (χ3v) is 4.80. The summed E-state index contributed by atoms with van der Waals surface area (Å²) >= 11 is 5.89. The third kappa shape index (κ3) is 16.0. The van der Waals surface area contributed by atoms with Crippen LogP contribution in [0, 0.1) is 5.92 Å². The SMILES string of the molecule is C=CC.CC(C)Cc1ncc(-c2ccc(OCCc3ccc(Cl)cc3)cc2)[nH]1.CC=C(C)C.CCN. The summed E-state index contributed by atoms with van der Waals surface area (Å²) in [6, 6.07) is 16.0. The topological polar surface area (TPSA) is 63.9 Å². The number of nitrogens with one attached hydrogen (secondary N) is 1. The van der Waals surface area contributed by atoms with Crippen molar-refractivity contribution in [1.82, 2.24) is 9.97 Å². The lowest BCUT2D eigenvalue weighted by Crippen LogP contribution is -2.01. The molecule has 1 heterocycles.